The van der Waals surface area contributed by atoms with E-state index in [-0.39, 0.29) is 63.1 Å². The molecule has 2 aromatic carbocycles. The smallest absolute Gasteiger partial charge is 0.410 e. The minimum absolute atomic E-state index is 0.0402. The van der Waals surface area contributed by atoms with E-state index in [2.05, 4.69) is 35.0 Å². The van der Waals surface area contributed by atoms with Crippen molar-refractivity contribution in [3.8, 4) is 23.3 Å². The summed E-state index contributed by atoms with van der Waals surface area (Å²) in [6.07, 6.45) is 10.7. The molecule has 4 saturated heterocycles. The number of carbonyl (C=O) groups is 2. The lowest BCUT2D eigenvalue weighted by Crippen LogP contribution is -2.50. The molecule has 10 heterocycles. The van der Waals surface area contributed by atoms with E-state index in [1.165, 1.54) is 30.2 Å². The van der Waals surface area contributed by atoms with Gasteiger partial charge in [0.25, 0.3) is 0 Å². The molecule has 0 aliphatic carbocycles. The van der Waals surface area contributed by atoms with Crippen LogP contribution in [0.15, 0.2) is 47.0 Å². The molecule has 12 rings (SSSR count). The predicted molar refractivity (Wildman–Crippen MR) is 336 cm³/mol. The van der Waals surface area contributed by atoms with Crippen LogP contribution in [-0.2, 0) is 29.7 Å². The number of nitrogens with zero attached hydrogens (tertiary/aromatic N) is 14. The number of aromatic nitrogens is 10. The number of hydrogen-bond donors (Lipinski definition) is 0. The maximum atomic E-state index is 15.3. The molecule has 29 heteroatoms. The summed E-state index contributed by atoms with van der Waals surface area (Å²) < 4.78 is 82.1. The molecule has 4 fully saturated rings. The number of aryl methyl sites for hydroxylation is 2. The molecule has 3 atom stereocenters. The number of carbonyl (C=O) groups excluding carboxylic acids is 2. The molecule has 0 saturated carbocycles. The Morgan fingerprint density at radius 2 is 1.03 bits per heavy atom. The zero-order valence-corrected chi connectivity index (χ0v) is 54.3. The van der Waals surface area contributed by atoms with Gasteiger partial charge in [-0.2, -0.15) is 10.2 Å². The van der Waals surface area contributed by atoms with Gasteiger partial charge < -0.3 is 48.0 Å². The van der Waals surface area contributed by atoms with Crippen LogP contribution >= 0.6 is 35.0 Å². The van der Waals surface area contributed by atoms with E-state index < -0.39 is 33.6 Å². The second-order valence-electron chi connectivity index (χ2n) is 24.1. The van der Waals surface area contributed by atoms with Crippen LogP contribution in [0.25, 0.3) is 43.6 Å². The topological polar surface area (TPSA) is 233 Å². The van der Waals surface area contributed by atoms with E-state index in [0.717, 1.165) is 43.9 Å². The molecule has 0 N–H and O–H groups in total. The zero-order chi connectivity index (χ0) is 63.2. The van der Waals surface area contributed by atoms with Gasteiger partial charge >= 0.3 is 12.2 Å². The van der Waals surface area contributed by atoms with Gasteiger partial charge in [-0.1, -0.05) is 35.0 Å². The molecular weight excluding hydrogens is 1230 g/mol. The summed E-state index contributed by atoms with van der Waals surface area (Å²) in [4.78, 5) is 60.9. The Hall–Kier alpha value is -7.04. The van der Waals surface area contributed by atoms with Crippen molar-refractivity contribution in [2.45, 2.75) is 128 Å². The normalized spacial score (nSPS) is 18.1. The summed E-state index contributed by atoms with van der Waals surface area (Å²) in [7, 11) is -1.55. The van der Waals surface area contributed by atoms with Crippen LogP contribution in [0.3, 0.4) is 0 Å². The Labute approximate surface area is 529 Å². The Balaban J connectivity index is 0.000000184. The maximum Gasteiger partial charge on any atom is 0.410 e. The van der Waals surface area contributed by atoms with Gasteiger partial charge in [0.2, 0.25) is 16.9 Å². The first-order valence-electron chi connectivity index (χ1n) is 29.4. The van der Waals surface area contributed by atoms with Crippen molar-refractivity contribution in [3.05, 3.63) is 69.7 Å². The highest BCUT2D eigenvalue weighted by molar-refractivity contribution is 7.98. The Morgan fingerprint density at radius 3 is 1.43 bits per heavy atom. The Morgan fingerprint density at radius 1 is 0.607 bits per heavy atom. The summed E-state index contributed by atoms with van der Waals surface area (Å²) in [5.74, 6) is 0.315. The monoisotopic (exact) mass is 1300 g/mol. The van der Waals surface area contributed by atoms with Crippen molar-refractivity contribution in [3.63, 3.8) is 0 Å². The summed E-state index contributed by atoms with van der Waals surface area (Å²) >= 11 is 14.4. The van der Waals surface area contributed by atoms with E-state index in [4.69, 9.17) is 61.6 Å². The Bertz CT molecular complexity index is 4030. The summed E-state index contributed by atoms with van der Waals surface area (Å²) in [5, 5.41) is 11.6. The van der Waals surface area contributed by atoms with Crippen LogP contribution in [0.2, 0.25) is 10.0 Å². The number of rotatable bonds is 10. The first-order valence-corrected chi connectivity index (χ1v) is 33.0. The van der Waals surface area contributed by atoms with Crippen LogP contribution in [-0.4, -0.2) is 165 Å². The first-order chi connectivity index (χ1) is 42.4. The van der Waals surface area contributed by atoms with Gasteiger partial charge in [0.1, 0.15) is 55.6 Å². The molecular formula is C60H70Cl2F2N14O9S2. The Kier molecular flexibility index (Phi) is 18.6. The maximum absolute atomic E-state index is 15.3. The molecule has 8 aromatic rings. The van der Waals surface area contributed by atoms with E-state index in [1.54, 1.807) is 38.5 Å². The number of pyridine rings is 2. The molecule has 0 radical (unpaired) electrons. The third-order valence-corrected chi connectivity index (χ3v) is 17.1. The summed E-state index contributed by atoms with van der Waals surface area (Å²) in [6, 6.07) is 6.41. The SMILES string of the molecule is CSc1nc(N2CCN(C(=O)OC(C)(C)C)CC2)c2cc(C)nc(Oc3c(Cl)c(F)cc4c3cnn4C3CCCCO3)c2n1.Cc1cc2c(N3CCN(C(=O)OC(C)(C)C)CC3)nc(S(C)=O)nc2c(Oc2c(Cl)c(F)cc3c2cnn3C2CCCCO2)n1. The van der Waals surface area contributed by atoms with E-state index in [1.807, 2.05) is 71.8 Å². The van der Waals surface area contributed by atoms with Crippen molar-refractivity contribution in [2.24, 2.45) is 0 Å². The second-order valence-corrected chi connectivity index (χ2v) is 26.9. The number of piperazine rings is 2. The van der Waals surface area contributed by atoms with Gasteiger partial charge in [-0.15, -0.1) is 0 Å². The highest BCUT2D eigenvalue weighted by Gasteiger charge is 2.33. The number of anilines is 2. The van der Waals surface area contributed by atoms with Gasteiger partial charge in [0.15, 0.2) is 29.1 Å². The van der Waals surface area contributed by atoms with Crippen molar-refractivity contribution in [1.82, 2.24) is 59.3 Å². The lowest BCUT2D eigenvalue weighted by atomic mass is 10.2. The third kappa shape index (κ3) is 13.8. The molecule has 6 aromatic heterocycles. The largest absolute Gasteiger partial charge is 0.444 e. The fourth-order valence-corrected chi connectivity index (χ4v) is 12.1. The number of hydrogen-bond acceptors (Lipinski definition) is 20. The van der Waals surface area contributed by atoms with Crippen LogP contribution in [0, 0.1) is 25.5 Å². The number of ether oxygens (including phenoxy) is 6. The standard InChI is InChI=1S/C30H35ClFN7O5S.C30H35ClFN7O4S/c1-17-14-18-24(35-28(45(5)41)36-26(18)37-9-11-38(12-10-37)29(40)44-30(2,3)4)27(34-17)43-25-19-16-33-39(22-8-6-7-13-42-22)21(19)15-20(32)23(25)31;1-17-14-18-24(35-28(44-5)36-26(18)37-9-11-38(12-10-37)29(40)43-30(2,3)4)27(34-17)42-25-19-16-33-39(22-8-6-7-13-41-22)21(19)15-20(32)23(25)31/h14-16,22H,6-13H2,1-5H3;14-16,22H,6-13H2,1-5H3. The summed E-state index contributed by atoms with van der Waals surface area (Å²) in [5.41, 5.74) is 1.85. The lowest BCUT2D eigenvalue weighted by Gasteiger charge is -2.36. The zero-order valence-electron chi connectivity index (χ0n) is 51.2. The number of halogens is 4. The van der Waals surface area contributed by atoms with Crippen molar-refractivity contribution < 1.29 is 51.0 Å². The number of amides is 2. The van der Waals surface area contributed by atoms with Gasteiger partial charge in [0, 0.05) is 95.3 Å². The molecule has 89 heavy (non-hydrogen) atoms. The minimum atomic E-state index is -1.55. The van der Waals surface area contributed by atoms with Gasteiger partial charge in [-0.25, -0.2) is 57.6 Å². The number of thioether (sulfide) groups is 1. The van der Waals surface area contributed by atoms with Crippen molar-refractivity contribution >= 4 is 113 Å². The number of benzene rings is 2. The molecule has 4 aliphatic rings. The van der Waals surface area contributed by atoms with E-state index >= 15 is 8.78 Å². The molecule has 4 aliphatic heterocycles. The molecule has 0 bridgehead atoms. The highest BCUT2D eigenvalue weighted by Crippen LogP contribution is 2.45. The molecule has 3 unspecified atom stereocenters. The van der Waals surface area contributed by atoms with Gasteiger partial charge in [0.05, 0.1) is 55.8 Å². The average Bonchev–Trinajstić information content (AvgIpc) is 1.93. The second kappa shape index (κ2) is 26.1. The molecule has 23 nitrogen and oxygen atoms in total. The van der Waals surface area contributed by atoms with E-state index in [9.17, 15) is 13.8 Å². The molecule has 474 valence electrons. The third-order valence-electron chi connectivity index (χ3n) is 15.1. The molecule has 0 spiro atoms. The lowest BCUT2D eigenvalue weighted by molar-refractivity contribution is -0.0368. The average molecular weight is 1300 g/mol. The van der Waals surface area contributed by atoms with Crippen molar-refractivity contribution in [2.75, 3.05) is 87.9 Å². The van der Waals surface area contributed by atoms with Crippen LogP contribution in [0.1, 0.15) is 104 Å². The van der Waals surface area contributed by atoms with Crippen LogP contribution < -0.4 is 19.3 Å². The number of fused-ring (bicyclic) bond motifs is 4. The highest BCUT2D eigenvalue weighted by atomic mass is 35.5. The quantitative estimate of drug-likeness (QED) is 0.0914. The van der Waals surface area contributed by atoms with Gasteiger partial charge in [-0.3, -0.25) is 4.21 Å². The predicted octanol–water partition coefficient (Wildman–Crippen LogP) is 12.5. The van der Waals surface area contributed by atoms with Crippen LogP contribution in [0.4, 0.5) is 30.0 Å². The fourth-order valence-electron chi connectivity index (χ4n) is 11.0. The van der Waals surface area contributed by atoms with E-state index in [0.29, 0.717) is 132 Å². The van der Waals surface area contributed by atoms with Crippen LogP contribution in [0.5, 0.6) is 23.3 Å². The molecule has 2 amide bonds. The fraction of sp³-hybridized carbons (Fsp3) is 0.500. The summed E-state index contributed by atoms with van der Waals surface area (Å²) in [6.45, 7) is 19.7. The minimum Gasteiger partial charge on any atom is -0.444 e. The first kappa shape index (κ1) is 63.5. The van der Waals surface area contributed by atoms with Gasteiger partial charge in [-0.05, 0) is 112 Å². The van der Waals surface area contributed by atoms with Crippen molar-refractivity contribution in [1.29, 1.82) is 0 Å².